The number of nitrogens with zero attached hydrogens (tertiary/aromatic N) is 3. The molecular formula is C17H31N5. The molecule has 0 saturated carbocycles. The van der Waals surface area contributed by atoms with Crippen LogP contribution in [-0.2, 0) is 6.42 Å². The number of hydrogen-bond acceptors (Lipinski definition) is 3. The molecule has 0 atom stereocenters. The minimum Gasteiger partial charge on any atom is -0.370 e. The molecule has 5 heteroatoms. The van der Waals surface area contributed by atoms with Crippen molar-refractivity contribution in [2.24, 2.45) is 10.7 Å². The summed E-state index contributed by atoms with van der Waals surface area (Å²) in [7, 11) is 0. The van der Waals surface area contributed by atoms with Crippen LogP contribution >= 0.6 is 0 Å². The lowest BCUT2D eigenvalue weighted by Gasteiger charge is -2.30. The molecule has 124 valence electrons. The van der Waals surface area contributed by atoms with Gasteiger partial charge < -0.3 is 11.1 Å². The molecule has 0 amide bonds. The first-order valence-corrected chi connectivity index (χ1v) is 8.20. The first-order chi connectivity index (χ1) is 10.5. The van der Waals surface area contributed by atoms with E-state index in [0.29, 0.717) is 18.0 Å². The molecule has 1 aromatic heterocycles. The van der Waals surface area contributed by atoms with Crippen LogP contribution in [0.25, 0.3) is 0 Å². The SMILES string of the molecule is CC(C)N(CCCN=C(N)NCCc1ccccn1)C(C)C. The monoisotopic (exact) mass is 305 g/mol. The Morgan fingerprint density at radius 2 is 2.00 bits per heavy atom. The zero-order chi connectivity index (χ0) is 16.4. The molecule has 0 radical (unpaired) electrons. The molecule has 22 heavy (non-hydrogen) atoms. The van der Waals surface area contributed by atoms with Gasteiger partial charge in [0.2, 0.25) is 0 Å². The maximum absolute atomic E-state index is 5.88. The van der Waals surface area contributed by atoms with E-state index >= 15 is 0 Å². The van der Waals surface area contributed by atoms with Crippen LogP contribution in [0.1, 0.15) is 39.8 Å². The number of nitrogens with one attached hydrogen (secondary N) is 1. The van der Waals surface area contributed by atoms with Crippen molar-refractivity contribution in [2.45, 2.75) is 52.6 Å². The molecule has 1 heterocycles. The van der Waals surface area contributed by atoms with Crippen LogP contribution in [0.15, 0.2) is 29.4 Å². The maximum Gasteiger partial charge on any atom is 0.188 e. The minimum atomic E-state index is 0.525. The molecule has 0 fully saturated rings. The van der Waals surface area contributed by atoms with Gasteiger partial charge in [-0.15, -0.1) is 0 Å². The van der Waals surface area contributed by atoms with Gasteiger partial charge in [0, 0.05) is 50.0 Å². The molecule has 5 nitrogen and oxygen atoms in total. The number of aromatic nitrogens is 1. The summed E-state index contributed by atoms with van der Waals surface area (Å²) in [5, 5.41) is 3.14. The lowest BCUT2D eigenvalue weighted by Crippen LogP contribution is -2.38. The Morgan fingerprint density at radius 1 is 1.27 bits per heavy atom. The van der Waals surface area contributed by atoms with E-state index in [9.17, 15) is 0 Å². The summed E-state index contributed by atoms with van der Waals surface area (Å²) >= 11 is 0. The Bertz CT molecular complexity index is 420. The predicted molar refractivity (Wildman–Crippen MR) is 94.0 cm³/mol. The maximum atomic E-state index is 5.88. The second-order valence-corrected chi connectivity index (χ2v) is 6.04. The van der Waals surface area contributed by atoms with Crippen molar-refractivity contribution < 1.29 is 0 Å². The van der Waals surface area contributed by atoms with Crippen LogP contribution in [0.3, 0.4) is 0 Å². The average molecular weight is 305 g/mol. The molecule has 0 unspecified atom stereocenters. The molecule has 0 aliphatic heterocycles. The normalized spacial score (nSPS) is 12.4. The standard InChI is InChI=1S/C17H31N5/c1-14(2)22(15(3)4)13-7-11-20-17(18)21-12-9-16-8-5-6-10-19-16/h5-6,8,10,14-15H,7,9,11-13H2,1-4H3,(H3,18,20,21). The Kier molecular flexibility index (Phi) is 8.51. The Balaban J connectivity index is 2.20. The van der Waals surface area contributed by atoms with Crippen molar-refractivity contribution in [2.75, 3.05) is 19.6 Å². The Labute approximate surface area is 135 Å². The Morgan fingerprint density at radius 3 is 2.59 bits per heavy atom. The molecule has 0 spiro atoms. The van der Waals surface area contributed by atoms with Crippen molar-refractivity contribution in [1.82, 2.24) is 15.2 Å². The molecular weight excluding hydrogens is 274 g/mol. The lowest BCUT2D eigenvalue weighted by molar-refractivity contribution is 0.174. The number of nitrogens with two attached hydrogens (primary N) is 1. The second-order valence-electron chi connectivity index (χ2n) is 6.04. The third kappa shape index (κ3) is 7.41. The average Bonchev–Trinajstić information content (AvgIpc) is 2.47. The zero-order valence-electron chi connectivity index (χ0n) is 14.4. The smallest absolute Gasteiger partial charge is 0.188 e. The van der Waals surface area contributed by atoms with Crippen molar-refractivity contribution in [3.63, 3.8) is 0 Å². The van der Waals surface area contributed by atoms with Gasteiger partial charge in [0.05, 0.1) is 0 Å². The fourth-order valence-corrected chi connectivity index (χ4v) is 2.49. The number of rotatable bonds is 9. The quantitative estimate of drug-likeness (QED) is 0.416. The molecule has 0 aliphatic carbocycles. The highest BCUT2D eigenvalue weighted by atomic mass is 15.2. The highest BCUT2D eigenvalue weighted by molar-refractivity contribution is 5.77. The number of pyridine rings is 1. The molecule has 3 N–H and O–H groups in total. The highest BCUT2D eigenvalue weighted by Crippen LogP contribution is 2.05. The van der Waals surface area contributed by atoms with E-state index in [0.717, 1.165) is 38.2 Å². The minimum absolute atomic E-state index is 0.525. The van der Waals surface area contributed by atoms with Gasteiger partial charge in [-0.25, -0.2) is 0 Å². The van der Waals surface area contributed by atoms with Gasteiger partial charge in [0.25, 0.3) is 0 Å². The van der Waals surface area contributed by atoms with E-state index in [2.05, 4.69) is 47.9 Å². The van der Waals surface area contributed by atoms with Crippen molar-refractivity contribution in [1.29, 1.82) is 0 Å². The van der Waals surface area contributed by atoms with E-state index in [4.69, 9.17) is 5.73 Å². The summed E-state index contributed by atoms with van der Waals surface area (Å²) in [4.78, 5) is 11.1. The third-order valence-electron chi connectivity index (χ3n) is 3.60. The summed E-state index contributed by atoms with van der Waals surface area (Å²) in [5.41, 5.74) is 6.94. The number of hydrogen-bond donors (Lipinski definition) is 2. The fourth-order valence-electron chi connectivity index (χ4n) is 2.49. The molecule has 0 aliphatic rings. The largest absolute Gasteiger partial charge is 0.370 e. The van der Waals surface area contributed by atoms with Crippen LogP contribution in [0.2, 0.25) is 0 Å². The van der Waals surface area contributed by atoms with Crippen molar-refractivity contribution >= 4 is 5.96 Å². The summed E-state index contributed by atoms with van der Waals surface area (Å²) in [5.74, 6) is 0.525. The summed E-state index contributed by atoms with van der Waals surface area (Å²) in [6.07, 6.45) is 3.69. The molecule has 0 aromatic carbocycles. The second kappa shape index (κ2) is 10.2. The van der Waals surface area contributed by atoms with Crippen LogP contribution in [0, 0.1) is 0 Å². The topological polar surface area (TPSA) is 66.5 Å². The fraction of sp³-hybridized carbons (Fsp3) is 0.647. The molecule has 1 aromatic rings. The van der Waals surface area contributed by atoms with E-state index in [1.165, 1.54) is 0 Å². The van der Waals surface area contributed by atoms with Crippen LogP contribution in [0.4, 0.5) is 0 Å². The van der Waals surface area contributed by atoms with E-state index < -0.39 is 0 Å². The van der Waals surface area contributed by atoms with Crippen molar-refractivity contribution in [3.8, 4) is 0 Å². The van der Waals surface area contributed by atoms with Crippen LogP contribution < -0.4 is 11.1 Å². The molecule has 0 bridgehead atoms. The van der Waals surface area contributed by atoms with Gasteiger partial charge >= 0.3 is 0 Å². The van der Waals surface area contributed by atoms with E-state index in [1.54, 1.807) is 0 Å². The summed E-state index contributed by atoms with van der Waals surface area (Å²) < 4.78 is 0. The third-order valence-corrected chi connectivity index (χ3v) is 3.60. The van der Waals surface area contributed by atoms with Gasteiger partial charge in [-0.05, 0) is 46.2 Å². The van der Waals surface area contributed by atoms with Gasteiger partial charge in [0.1, 0.15) is 0 Å². The van der Waals surface area contributed by atoms with Gasteiger partial charge in [-0.1, -0.05) is 6.07 Å². The van der Waals surface area contributed by atoms with E-state index in [-0.39, 0.29) is 0 Å². The van der Waals surface area contributed by atoms with Crippen LogP contribution in [0.5, 0.6) is 0 Å². The predicted octanol–water partition coefficient (Wildman–Crippen LogP) is 2.04. The first-order valence-electron chi connectivity index (χ1n) is 8.20. The Hall–Kier alpha value is -1.62. The summed E-state index contributed by atoms with van der Waals surface area (Å²) in [6.45, 7) is 11.5. The van der Waals surface area contributed by atoms with E-state index in [1.807, 2.05) is 24.4 Å². The highest BCUT2D eigenvalue weighted by Gasteiger charge is 2.11. The first kappa shape index (κ1) is 18.4. The number of guanidine groups is 1. The molecule has 1 rings (SSSR count). The van der Waals surface area contributed by atoms with Gasteiger partial charge in [0.15, 0.2) is 5.96 Å². The van der Waals surface area contributed by atoms with Crippen LogP contribution in [-0.4, -0.2) is 47.6 Å². The zero-order valence-corrected chi connectivity index (χ0v) is 14.4. The molecule has 0 saturated heterocycles. The number of aliphatic imine (C=N–C) groups is 1. The van der Waals surface area contributed by atoms with Gasteiger partial charge in [-0.2, -0.15) is 0 Å². The van der Waals surface area contributed by atoms with Crippen molar-refractivity contribution in [3.05, 3.63) is 30.1 Å². The lowest BCUT2D eigenvalue weighted by atomic mass is 10.2. The summed E-state index contributed by atoms with van der Waals surface area (Å²) in [6, 6.07) is 7.07. The van der Waals surface area contributed by atoms with Gasteiger partial charge in [-0.3, -0.25) is 14.9 Å².